The van der Waals surface area contributed by atoms with Crippen LogP contribution in [0.4, 0.5) is 17.3 Å². The Morgan fingerprint density at radius 3 is 2.60 bits per heavy atom. The second-order valence-electron chi connectivity index (χ2n) is 4.17. The lowest BCUT2D eigenvalue weighted by atomic mass is 10.2. The minimum Gasteiger partial charge on any atom is -0.486 e. The summed E-state index contributed by atoms with van der Waals surface area (Å²) in [4.78, 5) is 4.11. The van der Waals surface area contributed by atoms with Gasteiger partial charge in [-0.1, -0.05) is 23.2 Å². The molecule has 2 heterocycles. The molecule has 2 aromatic rings. The molecular weight excluding hydrogens is 301 g/mol. The molecule has 0 amide bonds. The number of pyridine rings is 1. The van der Waals surface area contributed by atoms with Crippen molar-refractivity contribution in [1.29, 1.82) is 0 Å². The van der Waals surface area contributed by atoms with Crippen molar-refractivity contribution >= 4 is 40.5 Å². The van der Waals surface area contributed by atoms with Crippen molar-refractivity contribution in [3.8, 4) is 11.5 Å². The monoisotopic (exact) mass is 311 g/mol. The van der Waals surface area contributed by atoms with E-state index in [2.05, 4.69) is 10.3 Å². The van der Waals surface area contributed by atoms with Crippen LogP contribution in [-0.4, -0.2) is 18.2 Å². The Kier molecular flexibility index (Phi) is 3.46. The van der Waals surface area contributed by atoms with Gasteiger partial charge in [0, 0.05) is 11.8 Å². The number of aromatic nitrogens is 1. The number of halogens is 2. The standard InChI is InChI=1S/C13H11Cl2N3O2/c14-8-6-9(15)13(18-12(8)16)17-7-1-2-10-11(5-7)20-4-3-19-10/h1-2,5-6H,3-4H2,(H3,16,17,18). The quantitative estimate of drug-likeness (QED) is 0.888. The first-order chi connectivity index (χ1) is 9.63. The smallest absolute Gasteiger partial charge is 0.163 e. The number of nitrogen functional groups attached to an aromatic ring is 1. The third-order valence-electron chi connectivity index (χ3n) is 2.76. The summed E-state index contributed by atoms with van der Waals surface area (Å²) >= 11 is 11.9. The summed E-state index contributed by atoms with van der Waals surface area (Å²) in [5.41, 5.74) is 6.44. The van der Waals surface area contributed by atoms with Gasteiger partial charge in [-0.05, 0) is 18.2 Å². The van der Waals surface area contributed by atoms with Crippen LogP contribution >= 0.6 is 23.2 Å². The molecule has 0 atom stereocenters. The lowest BCUT2D eigenvalue weighted by Gasteiger charge is -2.19. The Balaban J connectivity index is 1.89. The van der Waals surface area contributed by atoms with E-state index in [1.807, 2.05) is 18.2 Å². The highest BCUT2D eigenvalue weighted by Gasteiger charge is 2.13. The van der Waals surface area contributed by atoms with Crippen molar-refractivity contribution in [1.82, 2.24) is 4.98 Å². The third-order valence-corrected chi connectivity index (χ3v) is 3.35. The topological polar surface area (TPSA) is 69.4 Å². The molecule has 0 saturated carbocycles. The third kappa shape index (κ3) is 2.55. The molecular formula is C13H11Cl2N3O2. The first-order valence-corrected chi connectivity index (χ1v) is 6.67. The molecule has 0 bridgehead atoms. The van der Waals surface area contributed by atoms with Crippen LogP contribution in [0.15, 0.2) is 24.3 Å². The summed E-state index contributed by atoms with van der Waals surface area (Å²) in [6.07, 6.45) is 0. The minimum atomic E-state index is 0.219. The summed E-state index contributed by atoms with van der Waals surface area (Å²) in [5, 5.41) is 3.78. The van der Waals surface area contributed by atoms with Gasteiger partial charge in [-0.15, -0.1) is 0 Å². The Morgan fingerprint density at radius 2 is 1.80 bits per heavy atom. The number of benzene rings is 1. The van der Waals surface area contributed by atoms with E-state index in [0.29, 0.717) is 34.8 Å². The molecule has 104 valence electrons. The van der Waals surface area contributed by atoms with E-state index in [9.17, 15) is 0 Å². The lowest BCUT2D eigenvalue weighted by Crippen LogP contribution is -2.15. The molecule has 20 heavy (non-hydrogen) atoms. The first-order valence-electron chi connectivity index (χ1n) is 5.91. The van der Waals surface area contributed by atoms with E-state index in [1.54, 1.807) is 6.07 Å². The molecule has 5 nitrogen and oxygen atoms in total. The van der Waals surface area contributed by atoms with E-state index < -0.39 is 0 Å². The Hall–Kier alpha value is -1.85. The molecule has 3 rings (SSSR count). The van der Waals surface area contributed by atoms with Crippen LogP contribution in [0.1, 0.15) is 0 Å². The predicted octanol–water partition coefficient (Wildman–Crippen LogP) is 3.49. The second-order valence-corrected chi connectivity index (χ2v) is 4.98. The van der Waals surface area contributed by atoms with Crippen molar-refractivity contribution in [2.75, 3.05) is 24.3 Å². The highest BCUT2D eigenvalue weighted by Crippen LogP contribution is 2.35. The first kappa shape index (κ1) is 13.1. The number of nitrogens with two attached hydrogens (primary N) is 1. The number of nitrogens with zero attached hydrogens (tertiary/aromatic N) is 1. The number of rotatable bonds is 2. The van der Waals surface area contributed by atoms with Gasteiger partial charge in [-0.2, -0.15) is 0 Å². The molecule has 1 aromatic heterocycles. The van der Waals surface area contributed by atoms with Crippen LogP contribution in [-0.2, 0) is 0 Å². The van der Waals surface area contributed by atoms with Crippen LogP contribution in [0, 0.1) is 0 Å². The van der Waals surface area contributed by atoms with Gasteiger partial charge in [0.1, 0.15) is 19.0 Å². The van der Waals surface area contributed by atoms with E-state index in [1.165, 1.54) is 0 Å². The van der Waals surface area contributed by atoms with E-state index in [0.717, 1.165) is 11.4 Å². The zero-order valence-corrected chi connectivity index (χ0v) is 11.8. The molecule has 1 aliphatic rings. The molecule has 0 unspecified atom stereocenters. The normalized spacial score (nSPS) is 13.1. The van der Waals surface area contributed by atoms with Crippen molar-refractivity contribution in [3.63, 3.8) is 0 Å². The van der Waals surface area contributed by atoms with Crippen molar-refractivity contribution in [2.45, 2.75) is 0 Å². The Bertz CT molecular complexity index is 664. The van der Waals surface area contributed by atoms with Gasteiger partial charge in [-0.3, -0.25) is 0 Å². The zero-order valence-electron chi connectivity index (χ0n) is 10.3. The number of nitrogens with one attached hydrogen (secondary N) is 1. The molecule has 0 saturated heterocycles. The van der Waals surface area contributed by atoms with Crippen LogP contribution in [0.5, 0.6) is 11.5 Å². The minimum absolute atomic E-state index is 0.219. The maximum absolute atomic E-state index is 6.07. The molecule has 1 aromatic carbocycles. The van der Waals surface area contributed by atoms with Crippen molar-refractivity contribution < 1.29 is 9.47 Å². The van der Waals surface area contributed by atoms with E-state index in [-0.39, 0.29) is 5.82 Å². The van der Waals surface area contributed by atoms with Crippen molar-refractivity contribution in [3.05, 3.63) is 34.3 Å². The molecule has 0 aliphatic carbocycles. The van der Waals surface area contributed by atoms with Gasteiger partial charge in [0.05, 0.1) is 10.0 Å². The highest BCUT2D eigenvalue weighted by molar-refractivity contribution is 6.37. The number of hydrogen-bond acceptors (Lipinski definition) is 5. The molecule has 1 aliphatic heterocycles. The maximum Gasteiger partial charge on any atom is 0.163 e. The Morgan fingerprint density at radius 1 is 1.05 bits per heavy atom. The van der Waals surface area contributed by atoms with Gasteiger partial charge in [0.25, 0.3) is 0 Å². The average Bonchev–Trinajstić information content (AvgIpc) is 2.44. The van der Waals surface area contributed by atoms with Gasteiger partial charge in [0.15, 0.2) is 17.3 Å². The van der Waals surface area contributed by atoms with Crippen molar-refractivity contribution in [2.24, 2.45) is 0 Å². The van der Waals surface area contributed by atoms with Crippen LogP contribution in [0.3, 0.4) is 0 Å². The summed E-state index contributed by atoms with van der Waals surface area (Å²) < 4.78 is 11.0. The fraction of sp³-hybridized carbons (Fsp3) is 0.154. The van der Waals surface area contributed by atoms with Crippen LogP contribution in [0.2, 0.25) is 10.0 Å². The summed E-state index contributed by atoms with van der Waals surface area (Å²) in [6.45, 7) is 1.09. The number of hydrogen-bond donors (Lipinski definition) is 2. The van der Waals surface area contributed by atoms with Gasteiger partial charge < -0.3 is 20.5 Å². The second kappa shape index (κ2) is 5.26. The molecule has 7 heteroatoms. The number of fused-ring (bicyclic) bond motifs is 1. The van der Waals surface area contributed by atoms with Crippen LogP contribution < -0.4 is 20.5 Å². The van der Waals surface area contributed by atoms with Crippen LogP contribution in [0.25, 0.3) is 0 Å². The van der Waals surface area contributed by atoms with Gasteiger partial charge >= 0.3 is 0 Å². The molecule has 0 spiro atoms. The SMILES string of the molecule is Nc1nc(Nc2ccc3c(c2)OCCO3)c(Cl)cc1Cl. The molecule has 0 radical (unpaired) electrons. The van der Waals surface area contributed by atoms with E-state index in [4.69, 9.17) is 38.4 Å². The fourth-order valence-corrected chi connectivity index (χ4v) is 2.23. The zero-order chi connectivity index (χ0) is 14.1. The van der Waals surface area contributed by atoms with Gasteiger partial charge in [-0.25, -0.2) is 4.98 Å². The van der Waals surface area contributed by atoms with Gasteiger partial charge in [0.2, 0.25) is 0 Å². The summed E-state index contributed by atoms with van der Waals surface area (Å²) in [5.74, 6) is 2.05. The number of anilines is 3. The average molecular weight is 312 g/mol. The summed E-state index contributed by atoms with van der Waals surface area (Å²) in [6, 6.07) is 7.03. The molecule has 3 N–H and O–H groups in total. The predicted molar refractivity (Wildman–Crippen MR) is 79.4 cm³/mol. The lowest BCUT2D eigenvalue weighted by molar-refractivity contribution is 0.171. The Labute approximate surface area is 125 Å². The maximum atomic E-state index is 6.07. The largest absolute Gasteiger partial charge is 0.486 e. The highest BCUT2D eigenvalue weighted by atomic mass is 35.5. The van der Waals surface area contributed by atoms with E-state index >= 15 is 0 Å². The number of ether oxygens (including phenoxy) is 2. The summed E-state index contributed by atoms with van der Waals surface area (Å²) in [7, 11) is 0. The molecule has 0 fully saturated rings. The fourth-order valence-electron chi connectivity index (χ4n) is 1.83.